The number of piperidine rings is 1. The number of amides is 1. The first-order valence-electron chi connectivity index (χ1n) is 6.75. The minimum atomic E-state index is -0.367. The molecular formula is C13H25ClN2O2. The molecule has 2 rings (SSSR count). The average Bonchev–Trinajstić information content (AvgIpc) is 2.49. The molecule has 0 saturated carbocycles. The summed E-state index contributed by atoms with van der Waals surface area (Å²) in [5.74, 6) is 0.542. The number of hydrogen-bond donors (Lipinski definition) is 2. The van der Waals surface area contributed by atoms with E-state index >= 15 is 0 Å². The van der Waals surface area contributed by atoms with Gasteiger partial charge in [0.25, 0.3) is 0 Å². The lowest BCUT2D eigenvalue weighted by atomic mass is 9.97. The molecule has 2 aliphatic heterocycles. The third kappa shape index (κ3) is 3.16. The lowest BCUT2D eigenvalue weighted by molar-refractivity contribution is -0.139. The van der Waals surface area contributed by atoms with Crippen LogP contribution in [0, 0.1) is 5.92 Å². The molecule has 18 heavy (non-hydrogen) atoms. The van der Waals surface area contributed by atoms with Crippen LogP contribution in [0.1, 0.15) is 46.0 Å². The van der Waals surface area contributed by atoms with E-state index in [1.54, 1.807) is 0 Å². The molecule has 0 aromatic rings. The summed E-state index contributed by atoms with van der Waals surface area (Å²) >= 11 is 0. The average molecular weight is 277 g/mol. The van der Waals surface area contributed by atoms with Gasteiger partial charge in [-0.05, 0) is 38.0 Å². The second-order valence-corrected chi connectivity index (χ2v) is 5.99. The fraction of sp³-hybridized carbons (Fsp3) is 0.923. The van der Waals surface area contributed by atoms with Gasteiger partial charge in [-0.2, -0.15) is 0 Å². The standard InChI is InChI=1S/C13H24N2O2.ClH/c1-8(2)5-12(14)13(17)15-9-3-4-10(15)7-11(16)6-9;/h8-12,16H,3-7,14H2,1-2H3;1H/t9?,10?,11?,12-;/m0./s1. The topological polar surface area (TPSA) is 66.6 Å². The van der Waals surface area contributed by atoms with Crippen LogP contribution in [-0.2, 0) is 4.79 Å². The highest BCUT2D eigenvalue weighted by Gasteiger charge is 2.43. The molecule has 2 saturated heterocycles. The predicted octanol–water partition coefficient (Wildman–Crippen LogP) is 1.30. The number of nitrogens with two attached hydrogens (primary N) is 1. The van der Waals surface area contributed by atoms with Crippen LogP contribution in [0.15, 0.2) is 0 Å². The molecule has 2 bridgehead atoms. The van der Waals surface area contributed by atoms with Crippen LogP contribution in [0.5, 0.6) is 0 Å². The molecule has 0 spiro atoms. The van der Waals surface area contributed by atoms with Crippen molar-refractivity contribution in [2.45, 2.75) is 70.2 Å². The van der Waals surface area contributed by atoms with Gasteiger partial charge in [-0.25, -0.2) is 0 Å². The van der Waals surface area contributed by atoms with Crippen molar-refractivity contribution in [1.82, 2.24) is 4.90 Å². The first-order valence-corrected chi connectivity index (χ1v) is 6.75. The number of carbonyl (C=O) groups excluding carboxylic acids is 1. The predicted molar refractivity (Wildman–Crippen MR) is 73.6 cm³/mol. The van der Waals surface area contributed by atoms with Gasteiger partial charge in [-0.15, -0.1) is 12.4 Å². The van der Waals surface area contributed by atoms with Crippen molar-refractivity contribution < 1.29 is 9.90 Å². The largest absolute Gasteiger partial charge is 0.393 e. The Labute approximate surface area is 115 Å². The molecule has 2 unspecified atom stereocenters. The minimum absolute atomic E-state index is 0. The SMILES string of the molecule is CC(C)C[C@H](N)C(=O)N1C2CCC1CC(O)C2.Cl. The molecule has 106 valence electrons. The maximum Gasteiger partial charge on any atom is 0.239 e. The van der Waals surface area contributed by atoms with E-state index in [0.29, 0.717) is 5.92 Å². The molecule has 0 aliphatic carbocycles. The number of hydrogen-bond acceptors (Lipinski definition) is 3. The normalized spacial score (nSPS) is 32.3. The Morgan fingerprint density at radius 2 is 1.83 bits per heavy atom. The van der Waals surface area contributed by atoms with Crippen LogP contribution in [0.3, 0.4) is 0 Å². The van der Waals surface area contributed by atoms with Crippen LogP contribution >= 0.6 is 12.4 Å². The van der Waals surface area contributed by atoms with Crippen LogP contribution in [0.4, 0.5) is 0 Å². The molecule has 0 radical (unpaired) electrons. The maximum atomic E-state index is 12.3. The molecule has 0 aromatic carbocycles. The van der Waals surface area contributed by atoms with E-state index in [1.165, 1.54) is 0 Å². The molecule has 2 fully saturated rings. The van der Waals surface area contributed by atoms with Crippen molar-refractivity contribution >= 4 is 18.3 Å². The third-order valence-electron chi connectivity index (χ3n) is 4.01. The van der Waals surface area contributed by atoms with Crippen LogP contribution in [0.2, 0.25) is 0 Å². The van der Waals surface area contributed by atoms with Gasteiger partial charge in [0.05, 0.1) is 12.1 Å². The first-order chi connectivity index (χ1) is 7.99. The Balaban J connectivity index is 0.00000162. The lowest BCUT2D eigenvalue weighted by Crippen LogP contribution is -2.53. The molecule has 2 aliphatic rings. The smallest absolute Gasteiger partial charge is 0.239 e. The Kier molecular flexibility index (Phi) is 5.44. The zero-order chi connectivity index (χ0) is 12.6. The van der Waals surface area contributed by atoms with Gasteiger partial charge >= 0.3 is 0 Å². The van der Waals surface area contributed by atoms with Crippen molar-refractivity contribution in [3.05, 3.63) is 0 Å². The fourth-order valence-electron chi connectivity index (χ4n) is 3.31. The molecule has 5 heteroatoms. The zero-order valence-electron chi connectivity index (χ0n) is 11.2. The quantitative estimate of drug-likeness (QED) is 0.816. The zero-order valence-corrected chi connectivity index (χ0v) is 12.0. The molecule has 2 heterocycles. The molecule has 3 N–H and O–H groups in total. The number of aliphatic hydroxyl groups excluding tert-OH is 1. The van der Waals surface area contributed by atoms with E-state index in [-0.39, 0.29) is 42.5 Å². The Morgan fingerprint density at radius 1 is 1.33 bits per heavy atom. The van der Waals surface area contributed by atoms with Gasteiger partial charge in [0.2, 0.25) is 5.91 Å². The monoisotopic (exact) mass is 276 g/mol. The van der Waals surface area contributed by atoms with Crippen LogP contribution in [0.25, 0.3) is 0 Å². The number of rotatable bonds is 3. The summed E-state index contributed by atoms with van der Waals surface area (Å²) in [7, 11) is 0. The highest BCUT2D eigenvalue weighted by atomic mass is 35.5. The van der Waals surface area contributed by atoms with Crippen LogP contribution in [-0.4, -0.2) is 40.1 Å². The van der Waals surface area contributed by atoms with Crippen molar-refractivity contribution in [1.29, 1.82) is 0 Å². The fourth-order valence-corrected chi connectivity index (χ4v) is 3.31. The number of aliphatic hydroxyl groups is 1. The second kappa shape index (κ2) is 6.22. The van der Waals surface area contributed by atoms with Gasteiger partial charge < -0.3 is 15.7 Å². The van der Waals surface area contributed by atoms with Gasteiger partial charge in [0.15, 0.2) is 0 Å². The van der Waals surface area contributed by atoms with E-state index < -0.39 is 0 Å². The first kappa shape index (κ1) is 15.7. The van der Waals surface area contributed by atoms with Gasteiger partial charge in [-0.3, -0.25) is 4.79 Å². The molecular weight excluding hydrogens is 252 g/mol. The van der Waals surface area contributed by atoms with Gasteiger partial charge in [-0.1, -0.05) is 13.8 Å². The molecule has 4 nitrogen and oxygen atoms in total. The van der Waals surface area contributed by atoms with E-state index in [2.05, 4.69) is 13.8 Å². The van der Waals surface area contributed by atoms with Crippen molar-refractivity contribution in [3.63, 3.8) is 0 Å². The summed E-state index contributed by atoms with van der Waals surface area (Å²) < 4.78 is 0. The minimum Gasteiger partial charge on any atom is -0.393 e. The number of carbonyl (C=O) groups is 1. The highest BCUT2D eigenvalue weighted by Crippen LogP contribution is 2.36. The second-order valence-electron chi connectivity index (χ2n) is 5.99. The molecule has 1 amide bonds. The number of nitrogens with zero attached hydrogens (tertiary/aromatic N) is 1. The molecule has 3 atom stereocenters. The Bertz CT molecular complexity index is 285. The van der Waals surface area contributed by atoms with Crippen LogP contribution < -0.4 is 5.73 Å². The number of halogens is 1. The Morgan fingerprint density at radius 3 is 2.28 bits per heavy atom. The summed E-state index contributed by atoms with van der Waals surface area (Å²) in [6.45, 7) is 4.17. The summed E-state index contributed by atoms with van der Waals surface area (Å²) in [4.78, 5) is 14.3. The number of fused-ring (bicyclic) bond motifs is 2. The third-order valence-corrected chi connectivity index (χ3v) is 4.01. The summed E-state index contributed by atoms with van der Waals surface area (Å²) in [6.07, 6.45) is 4.05. The lowest BCUT2D eigenvalue weighted by Gasteiger charge is -2.38. The van der Waals surface area contributed by atoms with Crippen molar-refractivity contribution in [2.24, 2.45) is 11.7 Å². The molecule has 0 aromatic heterocycles. The van der Waals surface area contributed by atoms with Crippen molar-refractivity contribution in [3.8, 4) is 0 Å². The summed E-state index contributed by atoms with van der Waals surface area (Å²) in [5.41, 5.74) is 5.98. The van der Waals surface area contributed by atoms with Gasteiger partial charge in [0.1, 0.15) is 0 Å². The van der Waals surface area contributed by atoms with E-state index in [9.17, 15) is 9.90 Å². The summed E-state index contributed by atoms with van der Waals surface area (Å²) in [5, 5.41) is 9.70. The van der Waals surface area contributed by atoms with Gasteiger partial charge in [0, 0.05) is 12.1 Å². The highest BCUT2D eigenvalue weighted by molar-refractivity contribution is 5.85. The Hall–Kier alpha value is -0.320. The van der Waals surface area contributed by atoms with E-state index in [0.717, 1.165) is 32.1 Å². The van der Waals surface area contributed by atoms with Crippen molar-refractivity contribution in [2.75, 3.05) is 0 Å². The maximum absolute atomic E-state index is 12.3. The van der Waals surface area contributed by atoms with E-state index in [4.69, 9.17) is 5.73 Å². The summed E-state index contributed by atoms with van der Waals surface area (Å²) in [6, 6.07) is 0.0947. The van der Waals surface area contributed by atoms with E-state index in [1.807, 2.05) is 4.90 Å².